The molecule has 122 heavy (non-hydrogen) atoms. The molecular weight excluding hydrogens is 1500 g/mol. The van der Waals surface area contributed by atoms with E-state index in [4.69, 9.17) is 47.6 Å². The number of hydrogen-bond donors (Lipinski definition) is 0. The molecule has 8 aromatic heterocycles. The largest absolute Gasteiger partial charge is 0.456 e. The molecule has 11 heteroatoms. The van der Waals surface area contributed by atoms with Crippen LogP contribution in [0.4, 0.5) is 0 Å². The number of fused-ring (bicyclic) bond motifs is 16. The summed E-state index contributed by atoms with van der Waals surface area (Å²) >= 11 is 0. The minimum atomic E-state index is 0.644. The van der Waals surface area contributed by atoms with Crippen molar-refractivity contribution in [2.75, 3.05) is 0 Å². The van der Waals surface area contributed by atoms with Crippen LogP contribution in [0.15, 0.2) is 424 Å². The monoisotopic (exact) mass is 1560 g/mol. The summed E-state index contributed by atoms with van der Waals surface area (Å²) in [5, 5.41) is 11.4. The Labute approximate surface area is 698 Å². The van der Waals surface area contributed by atoms with Crippen LogP contribution < -0.4 is 0 Å². The second kappa shape index (κ2) is 29.8. The normalized spacial score (nSPS) is 11.6. The summed E-state index contributed by atoms with van der Waals surface area (Å²) in [6.45, 7) is 0. The van der Waals surface area contributed by atoms with Gasteiger partial charge in [0.2, 0.25) is 0 Å². The molecule has 0 aliphatic heterocycles. The molecule has 0 fully saturated rings. The highest BCUT2D eigenvalue weighted by atomic mass is 16.3. The molecule has 0 bridgehead atoms. The van der Waals surface area contributed by atoms with Crippen molar-refractivity contribution in [3.05, 3.63) is 407 Å². The summed E-state index contributed by atoms with van der Waals surface area (Å²) in [7, 11) is 0. The smallest absolute Gasteiger partial charge is 0.178 e. The van der Waals surface area contributed by atoms with Crippen LogP contribution in [0.3, 0.4) is 0 Å². The standard InChI is InChI=1S/C44H26N2O2.C36H22N2O.C31H19N3O/c1-5-16-38-33(9-1)34-13-7-12-32(44(34)48-38)28-21-25-30(26-22-28)43-42(45-36-14-3-4-15-37(36)46-43)29-23-19-27(20-24-29)31-11-8-18-40-41(31)35-10-2-6-17-39(35)47-40;1-2-8-26-21-27(18-15-23(26)7-1)24-13-16-25(17-14-24)35-36(38-32-11-5-4-10-31(32)37-35)28-19-20-34-30(22-28)29-9-3-6-12-33(29)39-34;1-2-8-21(9-3-1)30-29(33-25-12-7-19-32-31(25)34-30)22-17-15-20(16-18-22)23-11-6-14-27-28(23)24-10-4-5-13-26(24)35-27/h1-26H;1-22H;1-19H. The highest BCUT2D eigenvalue weighted by molar-refractivity contribution is 6.15. The maximum Gasteiger partial charge on any atom is 0.178 e. The molecule has 0 atom stereocenters. The van der Waals surface area contributed by atoms with Gasteiger partial charge in [-0.25, -0.2) is 34.9 Å². The summed E-state index contributed by atoms with van der Waals surface area (Å²) in [6, 6.07) is 137. The van der Waals surface area contributed by atoms with Gasteiger partial charge in [0.1, 0.15) is 50.2 Å². The summed E-state index contributed by atoms with van der Waals surface area (Å²) in [5.74, 6) is 0. The molecule has 570 valence electrons. The van der Waals surface area contributed by atoms with Crippen LogP contribution in [0.1, 0.15) is 0 Å². The van der Waals surface area contributed by atoms with E-state index in [1.807, 2.05) is 158 Å². The van der Waals surface area contributed by atoms with Gasteiger partial charge in [-0.05, 0) is 147 Å². The SMILES string of the molecule is c1ccc(-c2nc3ncccc3nc2-c2ccc(-c3cccc4oc5ccccc5c34)cc2)cc1.c1ccc2cc(-c3ccc(-c4nc5ccccc5nc4-c4ccc5oc6ccccc6c5c4)cc3)ccc2c1.c1ccc2nc(-c3ccc(-c4cccc5oc6ccccc6c45)cc3)c(-c3ccc(-c4cccc5c4oc4ccccc45)cc3)nc2c1. The van der Waals surface area contributed by atoms with Crippen LogP contribution in [0.5, 0.6) is 0 Å². The molecule has 11 nitrogen and oxygen atoms in total. The van der Waals surface area contributed by atoms with Gasteiger partial charge in [0.05, 0.1) is 56.2 Å². The van der Waals surface area contributed by atoms with E-state index >= 15 is 0 Å². The molecular formula is C111H67N7O4. The molecule has 25 aromatic rings. The zero-order chi connectivity index (χ0) is 80.6. The van der Waals surface area contributed by atoms with E-state index in [1.165, 1.54) is 21.9 Å². The molecule has 0 spiro atoms. The molecule has 0 aliphatic rings. The summed E-state index contributed by atoms with van der Waals surface area (Å²) in [4.78, 5) is 34.8. The molecule has 8 heterocycles. The van der Waals surface area contributed by atoms with Crippen molar-refractivity contribution < 1.29 is 17.7 Å². The summed E-state index contributed by atoms with van der Waals surface area (Å²) in [6.07, 6.45) is 1.75. The number of nitrogens with zero attached hydrogens (tertiary/aromatic N) is 7. The molecule has 0 amide bonds. The van der Waals surface area contributed by atoms with Gasteiger partial charge in [-0.2, -0.15) is 0 Å². The predicted molar refractivity (Wildman–Crippen MR) is 497 cm³/mol. The fraction of sp³-hybridized carbons (Fsp3) is 0. The van der Waals surface area contributed by atoms with Crippen molar-refractivity contribution >= 4 is 132 Å². The molecule has 0 unspecified atom stereocenters. The zero-order valence-corrected chi connectivity index (χ0v) is 65.4. The van der Waals surface area contributed by atoms with Crippen LogP contribution >= 0.6 is 0 Å². The van der Waals surface area contributed by atoms with E-state index in [9.17, 15) is 0 Å². The Kier molecular flexibility index (Phi) is 17.3. The van der Waals surface area contributed by atoms with Gasteiger partial charge in [0.15, 0.2) is 5.65 Å². The average Bonchev–Trinajstić information content (AvgIpc) is 1.52. The Hall–Kier alpha value is -16.6. The van der Waals surface area contributed by atoms with E-state index in [0.717, 1.165) is 216 Å². The third-order valence-electron chi connectivity index (χ3n) is 23.1. The Balaban J connectivity index is 0.000000108. The Morgan fingerprint density at radius 3 is 1.07 bits per heavy atom. The number of hydrogen-bond acceptors (Lipinski definition) is 11. The van der Waals surface area contributed by atoms with Crippen LogP contribution in [0.25, 0.3) is 244 Å². The van der Waals surface area contributed by atoms with Gasteiger partial charge >= 0.3 is 0 Å². The number of benzene rings is 17. The second-order valence-electron chi connectivity index (χ2n) is 30.5. The first kappa shape index (κ1) is 70.8. The topological polar surface area (TPSA) is 143 Å². The third-order valence-corrected chi connectivity index (χ3v) is 23.1. The molecule has 0 radical (unpaired) electrons. The van der Waals surface area contributed by atoms with Crippen molar-refractivity contribution in [2.24, 2.45) is 0 Å². The number of furan rings is 4. The maximum atomic E-state index is 6.33. The van der Waals surface area contributed by atoms with Gasteiger partial charge in [0.25, 0.3) is 0 Å². The Bertz CT molecular complexity index is 8380. The highest BCUT2D eigenvalue weighted by Crippen LogP contribution is 2.44. The molecule has 0 aliphatic carbocycles. The van der Waals surface area contributed by atoms with E-state index < -0.39 is 0 Å². The second-order valence-corrected chi connectivity index (χ2v) is 30.5. The lowest BCUT2D eigenvalue weighted by Crippen LogP contribution is -1.96. The van der Waals surface area contributed by atoms with Crippen LogP contribution in [0.2, 0.25) is 0 Å². The average molecular weight is 1560 g/mol. The van der Waals surface area contributed by atoms with E-state index in [0.29, 0.717) is 5.65 Å². The molecule has 17 aromatic carbocycles. The molecule has 0 N–H and O–H groups in total. The van der Waals surface area contributed by atoms with Gasteiger partial charge < -0.3 is 17.7 Å². The first-order valence-electron chi connectivity index (χ1n) is 40.7. The first-order valence-corrected chi connectivity index (χ1v) is 40.7. The lowest BCUT2D eigenvalue weighted by molar-refractivity contribution is 0.668. The maximum absolute atomic E-state index is 6.33. The predicted octanol–water partition coefficient (Wildman–Crippen LogP) is 29.7. The Morgan fingerprint density at radius 2 is 0.516 bits per heavy atom. The lowest BCUT2D eigenvalue weighted by Gasteiger charge is -2.12. The number of pyridine rings is 1. The minimum absolute atomic E-state index is 0.644. The van der Waals surface area contributed by atoms with Crippen LogP contribution in [0, 0.1) is 0 Å². The van der Waals surface area contributed by atoms with E-state index in [1.54, 1.807) is 6.20 Å². The summed E-state index contributed by atoms with van der Waals surface area (Å²) in [5.41, 5.74) is 32.3. The van der Waals surface area contributed by atoms with Crippen molar-refractivity contribution in [2.45, 2.75) is 0 Å². The third kappa shape index (κ3) is 12.8. The quantitative estimate of drug-likeness (QED) is 0.129. The highest BCUT2D eigenvalue weighted by Gasteiger charge is 2.22. The van der Waals surface area contributed by atoms with Crippen molar-refractivity contribution in [3.8, 4) is 112 Å². The minimum Gasteiger partial charge on any atom is -0.456 e. The van der Waals surface area contributed by atoms with E-state index in [-0.39, 0.29) is 0 Å². The number of rotatable bonds is 10. The van der Waals surface area contributed by atoms with Crippen molar-refractivity contribution in [1.82, 2.24) is 34.9 Å². The van der Waals surface area contributed by atoms with Crippen molar-refractivity contribution in [1.29, 1.82) is 0 Å². The zero-order valence-electron chi connectivity index (χ0n) is 65.4. The van der Waals surface area contributed by atoms with Gasteiger partial charge in [-0.3, -0.25) is 0 Å². The van der Waals surface area contributed by atoms with Gasteiger partial charge in [-0.1, -0.05) is 303 Å². The van der Waals surface area contributed by atoms with Gasteiger partial charge in [-0.15, -0.1) is 0 Å². The van der Waals surface area contributed by atoms with Gasteiger partial charge in [0, 0.05) is 88.2 Å². The Morgan fingerprint density at radius 1 is 0.172 bits per heavy atom. The van der Waals surface area contributed by atoms with Crippen LogP contribution in [-0.4, -0.2) is 34.9 Å². The molecule has 25 rings (SSSR count). The first-order chi connectivity index (χ1) is 60.4. The number of aromatic nitrogens is 7. The fourth-order valence-corrected chi connectivity index (χ4v) is 17.2. The molecule has 0 saturated carbocycles. The van der Waals surface area contributed by atoms with Crippen LogP contribution in [-0.2, 0) is 0 Å². The fourth-order valence-electron chi connectivity index (χ4n) is 17.2. The number of para-hydroxylation sites is 9. The van der Waals surface area contributed by atoms with Crippen molar-refractivity contribution in [3.63, 3.8) is 0 Å². The van der Waals surface area contributed by atoms with E-state index in [2.05, 4.69) is 248 Å². The lowest BCUT2D eigenvalue weighted by atomic mass is 9.96. The molecule has 0 saturated heterocycles. The summed E-state index contributed by atoms with van der Waals surface area (Å²) < 4.78 is 24.7.